The maximum absolute atomic E-state index is 15.2. The minimum Gasteiger partial charge on any atom is -0.324 e. The molecule has 3 aromatic carbocycles. The SMILES string of the molecule is C[C@@H]1CNC[C@H](CCc2c(F)cccc2NC(=O)[C@@H](N)C(c2ccc(F)cc2)c2cc(F)cc(F)c2)N1S(=O)(=O)C1CC1. The molecule has 1 saturated carbocycles. The van der Waals surface area contributed by atoms with E-state index in [0.29, 0.717) is 44.0 Å². The highest BCUT2D eigenvalue weighted by molar-refractivity contribution is 7.90. The second kappa shape index (κ2) is 12.7. The summed E-state index contributed by atoms with van der Waals surface area (Å²) in [6, 6.07) is 10.0. The molecule has 1 saturated heterocycles. The van der Waals surface area contributed by atoms with Crippen molar-refractivity contribution in [3.63, 3.8) is 0 Å². The molecule has 4 N–H and O–H groups in total. The first-order chi connectivity index (χ1) is 20.5. The third-order valence-corrected chi connectivity index (χ3v) is 10.7. The summed E-state index contributed by atoms with van der Waals surface area (Å²) in [5, 5.41) is 5.54. The number of carbonyl (C=O) groups excluding carboxylic acids is 1. The van der Waals surface area contributed by atoms with Crippen LogP contribution in [0, 0.1) is 23.3 Å². The molecule has 7 nitrogen and oxygen atoms in total. The first kappa shape index (κ1) is 31.1. The van der Waals surface area contributed by atoms with Crippen LogP contribution in [0.2, 0.25) is 0 Å². The molecule has 12 heteroatoms. The van der Waals surface area contributed by atoms with Crippen LogP contribution in [0.3, 0.4) is 0 Å². The molecule has 1 aliphatic carbocycles. The van der Waals surface area contributed by atoms with Crippen molar-refractivity contribution in [2.45, 2.75) is 61.9 Å². The van der Waals surface area contributed by atoms with Crippen LogP contribution in [-0.2, 0) is 21.2 Å². The fourth-order valence-electron chi connectivity index (χ4n) is 5.86. The van der Waals surface area contributed by atoms with E-state index in [4.69, 9.17) is 5.73 Å². The lowest BCUT2D eigenvalue weighted by Crippen LogP contribution is -2.59. The van der Waals surface area contributed by atoms with Crippen LogP contribution in [0.25, 0.3) is 0 Å². The van der Waals surface area contributed by atoms with Crippen molar-refractivity contribution in [1.82, 2.24) is 9.62 Å². The molecular weight excluding hydrogens is 584 g/mol. The van der Waals surface area contributed by atoms with Gasteiger partial charge in [-0.3, -0.25) is 4.79 Å². The van der Waals surface area contributed by atoms with Gasteiger partial charge in [0.15, 0.2) is 0 Å². The normalized spacial score (nSPS) is 20.9. The number of benzene rings is 3. The summed E-state index contributed by atoms with van der Waals surface area (Å²) in [5.41, 5.74) is 7.13. The summed E-state index contributed by atoms with van der Waals surface area (Å²) < 4.78 is 85.1. The molecule has 2 fully saturated rings. The van der Waals surface area contributed by atoms with Crippen LogP contribution in [0.4, 0.5) is 23.2 Å². The zero-order chi connectivity index (χ0) is 30.9. The second-order valence-electron chi connectivity index (χ2n) is 11.3. The van der Waals surface area contributed by atoms with Crippen molar-refractivity contribution >= 4 is 21.6 Å². The summed E-state index contributed by atoms with van der Waals surface area (Å²) in [7, 11) is -3.48. The Balaban J connectivity index is 1.38. The molecule has 1 amide bonds. The van der Waals surface area contributed by atoms with Gasteiger partial charge < -0.3 is 16.4 Å². The number of nitrogens with one attached hydrogen (secondary N) is 2. The van der Waals surface area contributed by atoms with E-state index in [1.165, 1.54) is 30.3 Å². The van der Waals surface area contributed by atoms with Gasteiger partial charge in [0.25, 0.3) is 0 Å². The van der Waals surface area contributed by atoms with Gasteiger partial charge in [0.2, 0.25) is 15.9 Å². The predicted molar refractivity (Wildman–Crippen MR) is 156 cm³/mol. The summed E-state index contributed by atoms with van der Waals surface area (Å²) in [6.45, 7) is 2.78. The molecule has 4 atom stereocenters. The van der Waals surface area contributed by atoms with Crippen molar-refractivity contribution in [3.05, 3.63) is 101 Å². The van der Waals surface area contributed by atoms with Gasteiger partial charge in [-0.2, -0.15) is 4.31 Å². The monoisotopic (exact) mass is 618 g/mol. The fraction of sp³-hybridized carbons (Fsp3) is 0.387. The van der Waals surface area contributed by atoms with E-state index < -0.39 is 57.2 Å². The third-order valence-electron chi connectivity index (χ3n) is 8.09. The number of hydrogen-bond acceptors (Lipinski definition) is 5. The van der Waals surface area contributed by atoms with Crippen LogP contribution in [0.5, 0.6) is 0 Å². The second-order valence-corrected chi connectivity index (χ2v) is 13.4. The van der Waals surface area contributed by atoms with Gasteiger partial charge in [-0.15, -0.1) is 0 Å². The minimum atomic E-state index is -3.48. The molecule has 3 aromatic rings. The third kappa shape index (κ3) is 6.93. The number of amides is 1. The van der Waals surface area contributed by atoms with Gasteiger partial charge in [0.1, 0.15) is 23.3 Å². The van der Waals surface area contributed by atoms with Gasteiger partial charge in [0.05, 0.1) is 11.3 Å². The van der Waals surface area contributed by atoms with E-state index >= 15 is 4.39 Å². The Morgan fingerprint density at radius 2 is 1.65 bits per heavy atom. The molecule has 1 unspecified atom stereocenters. The first-order valence-corrected chi connectivity index (χ1v) is 15.7. The number of anilines is 1. The van der Waals surface area contributed by atoms with E-state index in [1.807, 2.05) is 6.92 Å². The van der Waals surface area contributed by atoms with Gasteiger partial charge in [-0.25, -0.2) is 26.0 Å². The average molecular weight is 619 g/mol. The number of nitrogens with zero attached hydrogens (tertiary/aromatic N) is 1. The smallest absolute Gasteiger partial charge is 0.242 e. The standard InChI is InChI=1S/C31H34F4N4O3S/c1-18-16-37-17-24(39(18)43(41,42)25-10-11-25)9-12-26-27(35)3-2-4-28(26)38-31(40)30(36)29(19-5-7-21(32)8-6-19)20-13-22(33)15-23(34)14-20/h2-8,13-15,18,24-25,29-30,37H,9-12,16-17,36H2,1H3,(H,38,40)/t18-,24+,29?,30+/m1/s1. The highest BCUT2D eigenvalue weighted by Gasteiger charge is 2.45. The largest absolute Gasteiger partial charge is 0.324 e. The van der Waals surface area contributed by atoms with Gasteiger partial charge in [-0.05, 0) is 80.1 Å². The lowest BCUT2D eigenvalue weighted by Gasteiger charge is -2.40. The van der Waals surface area contributed by atoms with Crippen LogP contribution in [-0.4, -0.2) is 55.1 Å². The number of rotatable bonds is 10. The van der Waals surface area contributed by atoms with E-state index in [2.05, 4.69) is 10.6 Å². The zero-order valence-corrected chi connectivity index (χ0v) is 24.4. The van der Waals surface area contributed by atoms with Crippen LogP contribution < -0.4 is 16.4 Å². The lowest BCUT2D eigenvalue weighted by atomic mass is 9.84. The average Bonchev–Trinajstić information content (AvgIpc) is 3.80. The zero-order valence-electron chi connectivity index (χ0n) is 23.6. The molecular formula is C31H34F4N4O3S. The van der Waals surface area contributed by atoms with Crippen molar-refractivity contribution < 1.29 is 30.8 Å². The van der Waals surface area contributed by atoms with E-state index in [0.717, 1.165) is 24.3 Å². The molecule has 0 bridgehead atoms. The van der Waals surface area contributed by atoms with Gasteiger partial charge in [0, 0.05) is 48.4 Å². The molecule has 230 valence electrons. The van der Waals surface area contributed by atoms with Gasteiger partial charge >= 0.3 is 0 Å². The van der Waals surface area contributed by atoms with Crippen LogP contribution >= 0.6 is 0 Å². The quantitative estimate of drug-likeness (QED) is 0.292. The van der Waals surface area contributed by atoms with Crippen molar-refractivity contribution in [3.8, 4) is 0 Å². The Labute approximate surface area is 248 Å². The predicted octanol–water partition coefficient (Wildman–Crippen LogP) is 4.43. The van der Waals surface area contributed by atoms with Crippen molar-refractivity contribution in [2.75, 3.05) is 18.4 Å². The summed E-state index contributed by atoms with van der Waals surface area (Å²) in [4.78, 5) is 13.5. The van der Waals surface area contributed by atoms with Gasteiger partial charge in [-0.1, -0.05) is 18.2 Å². The number of piperazine rings is 1. The van der Waals surface area contributed by atoms with E-state index in [9.17, 15) is 26.4 Å². The molecule has 1 heterocycles. The van der Waals surface area contributed by atoms with Crippen molar-refractivity contribution in [1.29, 1.82) is 0 Å². The van der Waals surface area contributed by atoms with Crippen LogP contribution in [0.15, 0.2) is 60.7 Å². The Kier molecular flexibility index (Phi) is 9.21. The highest BCUT2D eigenvalue weighted by Crippen LogP contribution is 2.35. The molecule has 0 spiro atoms. The van der Waals surface area contributed by atoms with E-state index in [1.54, 1.807) is 4.31 Å². The fourth-order valence-corrected chi connectivity index (χ4v) is 8.11. The van der Waals surface area contributed by atoms with E-state index in [-0.39, 0.29) is 34.5 Å². The Morgan fingerprint density at radius 1 is 0.977 bits per heavy atom. The molecule has 43 heavy (non-hydrogen) atoms. The maximum atomic E-state index is 15.2. The summed E-state index contributed by atoms with van der Waals surface area (Å²) in [6.07, 6.45) is 1.71. The Bertz CT molecular complexity index is 1560. The number of halogens is 4. The minimum absolute atomic E-state index is 0.0714. The molecule has 5 rings (SSSR count). The number of carbonyl (C=O) groups is 1. The number of sulfonamides is 1. The van der Waals surface area contributed by atoms with Crippen molar-refractivity contribution in [2.24, 2.45) is 5.73 Å². The lowest BCUT2D eigenvalue weighted by molar-refractivity contribution is -0.117. The maximum Gasteiger partial charge on any atom is 0.242 e. The Morgan fingerprint density at radius 3 is 2.30 bits per heavy atom. The Hall–Kier alpha value is -3.32. The number of nitrogens with two attached hydrogens (primary N) is 1. The topological polar surface area (TPSA) is 105 Å². The van der Waals surface area contributed by atoms with Crippen LogP contribution in [0.1, 0.15) is 48.8 Å². The molecule has 0 aromatic heterocycles. The first-order valence-electron chi connectivity index (χ1n) is 14.2. The highest BCUT2D eigenvalue weighted by atomic mass is 32.2. The molecule has 0 radical (unpaired) electrons. The molecule has 1 aliphatic heterocycles. The number of hydrogen-bond donors (Lipinski definition) is 3. The summed E-state index contributed by atoms with van der Waals surface area (Å²) in [5.74, 6) is -4.67. The molecule has 2 aliphatic rings. The summed E-state index contributed by atoms with van der Waals surface area (Å²) >= 11 is 0.